The van der Waals surface area contributed by atoms with Gasteiger partial charge in [0.15, 0.2) is 5.82 Å². The summed E-state index contributed by atoms with van der Waals surface area (Å²) in [5.41, 5.74) is 0.625. The molecule has 3 rings (SSSR count). The Bertz CT molecular complexity index is 915. The van der Waals surface area contributed by atoms with Crippen LogP contribution in [0, 0.1) is 10.1 Å². The smallest absolute Gasteiger partial charge is 0.293 e. The first-order valence-corrected chi connectivity index (χ1v) is 9.08. The molecule has 0 aliphatic carbocycles. The Balaban J connectivity index is 1.83. The number of anilines is 1. The van der Waals surface area contributed by atoms with Crippen molar-refractivity contribution in [3.8, 4) is 0 Å². The van der Waals surface area contributed by atoms with E-state index in [1.165, 1.54) is 19.2 Å². The minimum Gasteiger partial charge on any atom is -0.366 e. The Labute approximate surface area is 162 Å². The number of nitrogens with zero attached hydrogens (tertiary/aromatic N) is 5. The fourth-order valence-corrected chi connectivity index (χ4v) is 3.54. The van der Waals surface area contributed by atoms with Crippen molar-refractivity contribution in [3.05, 3.63) is 52.1 Å². The maximum absolute atomic E-state index is 12.6. The van der Waals surface area contributed by atoms with Crippen LogP contribution in [0.5, 0.6) is 0 Å². The lowest BCUT2D eigenvalue weighted by atomic mass is 10.0. The average molecular weight is 385 g/mol. The number of benzene rings is 1. The summed E-state index contributed by atoms with van der Waals surface area (Å²) in [5, 5.41) is 11.6. The Morgan fingerprint density at radius 1 is 1.29 bits per heavy atom. The Kier molecular flexibility index (Phi) is 5.43. The van der Waals surface area contributed by atoms with Crippen molar-refractivity contribution in [3.63, 3.8) is 0 Å². The van der Waals surface area contributed by atoms with Crippen molar-refractivity contribution >= 4 is 23.1 Å². The van der Waals surface area contributed by atoms with Crippen LogP contribution in [-0.4, -0.2) is 57.2 Å². The van der Waals surface area contributed by atoms with Crippen LogP contribution in [0.2, 0.25) is 0 Å². The van der Waals surface area contributed by atoms with Gasteiger partial charge in [-0.2, -0.15) is 0 Å². The van der Waals surface area contributed by atoms with Crippen molar-refractivity contribution in [2.45, 2.75) is 25.8 Å². The van der Waals surface area contributed by atoms with Gasteiger partial charge in [-0.05, 0) is 25.0 Å². The second kappa shape index (κ2) is 7.79. The molecule has 2 aromatic rings. The van der Waals surface area contributed by atoms with E-state index >= 15 is 0 Å². The van der Waals surface area contributed by atoms with Crippen LogP contribution in [0.3, 0.4) is 0 Å². The minimum atomic E-state index is -0.460. The number of nitro benzene ring substituents is 1. The summed E-state index contributed by atoms with van der Waals surface area (Å²) in [6, 6.07) is 4.69. The monoisotopic (exact) mass is 385 g/mol. The summed E-state index contributed by atoms with van der Waals surface area (Å²) in [6.45, 7) is 2.75. The van der Waals surface area contributed by atoms with E-state index in [4.69, 9.17) is 0 Å². The number of hydrogen-bond acceptors (Lipinski definition) is 6. The van der Waals surface area contributed by atoms with Crippen LogP contribution in [0.25, 0.3) is 0 Å². The molecule has 1 aliphatic heterocycles. The standard InChI is InChI=1S/C19H23N5O4/c1-13(25)22(3)15-6-9-23(10-7-15)16-5-4-14(12-17(16)24(27)28)18(26)19-20-8-11-21(19)2/h4-5,8,11-12,15H,6-7,9-10H2,1-3H3. The van der Waals surface area contributed by atoms with Crippen LogP contribution >= 0.6 is 0 Å². The maximum Gasteiger partial charge on any atom is 0.293 e. The number of hydrogen-bond donors (Lipinski definition) is 0. The number of aromatic nitrogens is 2. The van der Waals surface area contributed by atoms with Gasteiger partial charge >= 0.3 is 0 Å². The van der Waals surface area contributed by atoms with E-state index in [9.17, 15) is 19.7 Å². The number of carbonyl (C=O) groups excluding carboxylic acids is 2. The molecule has 2 heterocycles. The molecule has 0 N–H and O–H groups in total. The van der Waals surface area contributed by atoms with E-state index in [2.05, 4.69) is 4.98 Å². The molecule has 0 atom stereocenters. The number of imidazole rings is 1. The molecule has 9 heteroatoms. The molecule has 0 spiro atoms. The van der Waals surface area contributed by atoms with Crippen LogP contribution in [-0.2, 0) is 11.8 Å². The van der Waals surface area contributed by atoms with Crippen molar-refractivity contribution in [1.29, 1.82) is 0 Å². The number of piperidine rings is 1. The molecular formula is C19H23N5O4. The summed E-state index contributed by atoms with van der Waals surface area (Å²) in [4.78, 5) is 43.0. The predicted molar refractivity (Wildman–Crippen MR) is 103 cm³/mol. The molecule has 1 saturated heterocycles. The number of carbonyl (C=O) groups is 2. The predicted octanol–water partition coefficient (Wildman–Crippen LogP) is 2.01. The molecule has 0 bridgehead atoms. The quantitative estimate of drug-likeness (QED) is 0.443. The third-order valence-electron chi connectivity index (χ3n) is 5.31. The van der Waals surface area contributed by atoms with Gasteiger partial charge in [0.25, 0.3) is 5.69 Å². The highest BCUT2D eigenvalue weighted by Crippen LogP contribution is 2.32. The zero-order valence-corrected chi connectivity index (χ0v) is 16.2. The molecule has 1 amide bonds. The number of ketones is 1. The van der Waals surface area contributed by atoms with E-state index < -0.39 is 4.92 Å². The van der Waals surface area contributed by atoms with E-state index in [0.29, 0.717) is 18.8 Å². The highest BCUT2D eigenvalue weighted by Gasteiger charge is 2.28. The van der Waals surface area contributed by atoms with Gasteiger partial charge in [0.2, 0.25) is 11.7 Å². The lowest BCUT2D eigenvalue weighted by Crippen LogP contribution is -2.45. The molecule has 1 fully saturated rings. The molecule has 1 aliphatic rings. The Hall–Kier alpha value is -3.23. The summed E-state index contributed by atoms with van der Waals surface area (Å²) in [7, 11) is 3.48. The number of nitro groups is 1. The van der Waals surface area contributed by atoms with Gasteiger partial charge in [-0.3, -0.25) is 19.7 Å². The van der Waals surface area contributed by atoms with E-state index in [0.717, 1.165) is 12.8 Å². The second-order valence-electron chi connectivity index (χ2n) is 7.00. The lowest BCUT2D eigenvalue weighted by Gasteiger charge is -2.37. The van der Waals surface area contributed by atoms with Crippen molar-refractivity contribution < 1.29 is 14.5 Å². The number of rotatable bonds is 5. The highest BCUT2D eigenvalue weighted by atomic mass is 16.6. The lowest BCUT2D eigenvalue weighted by molar-refractivity contribution is -0.384. The number of amides is 1. The fraction of sp³-hybridized carbons (Fsp3) is 0.421. The van der Waals surface area contributed by atoms with Crippen LogP contribution in [0.4, 0.5) is 11.4 Å². The van der Waals surface area contributed by atoms with E-state index in [1.807, 2.05) is 4.90 Å². The van der Waals surface area contributed by atoms with E-state index in [-0.39, 0.29) is 34.8 Å². The van der Waals surface area contributed by atoms with Gasteiger partial charge in [0, 0.05) is 64.2 Å². The molecule has 28 heavy (non-hydrogen) atoms. The summed E-state index contributed by atoms with van der Waals surface area (Å²) >= 11 is 0. The van der Waals surface area contributed by atoms with Crippen LogP contribution < -0.4 is 4.90 Å². The summed E-state index contributed by atoms with van der Waals surface area (Å²) in [6.07, 6.45) is 4.64. The molecule has 1 aromatic heterocycles. The second-order valence-corrected chi connectivity index (χ2v) is 7.00. The Morgan fingerprint density at radius 2 is 1.96 bits per heavy atom. The molecule has 9 nitrogen and oxygen atoms in total. The van der Waals surface area contributed by atoms with Crippen molar-refractivity contribution in [2.75, 3.05) is 25.0 Å². The minimum absolute atomic E-state index is 0.0154. The molecule has 0 radical (unpaired) electrons. The van der Waals surface area contributed by atoms with E-state index in [1.54, 1.807) is 41.9 Å². The third-order valence-corrected chi connectivity index (χ3v) is 5.31. The first-order valence-electron chi connectivity index (χ1n) is 9.08. The number of aryl methyl sites for hydroxylation is 1. The molecule has 0 unspecified atom stereocenters. The van der Waals surface area contributed by atoms with Crippen molar-refractivity contribution in [2.24, 2.45) is 7.05 Å². The van der Waals surface area contributed by atoms with Gasteiger partial charge in [-0.15, -0.1) is 0 Å². The topological polar surface area (TPSA) is 102 Å². The highest BCUT2D eigenvalue weighted by molar-refractivity contribution is 6.07. The zero-order valence-electron chi connectivity index (χ0n) is 16.2. The molecule has 0 saturated carbocycles. The van der Waals surface area contributed by atoms with Gasteiger partial charge in [0.05, 0.1) is 4.92 Å². The Morgan fingerprint density at radius 3 is 2.50 bits per heavy atom. The fourth-order valence-electron chi connectivity index (χ4n) is 3.54. The normalized spacial score (nSPS) is 14.8. The molecule has 1 aromatic carbocycles. The van der Waals surface area contributed by atoms with Crippen LogP contribution in [0.15, 0.2) is 30.6 Å². The summed E-state index contributed by atoms with van der Waals surface area (Å²) < 4.78 is 1.58. The van der Waals surface area contributed by atoms with Gasteiger partial charge < -0.3 is 14.4 Å². The van der Waals surface area contributed by atoms with Gasteiger partial charge in [-0.1, -0.05) is 0 Å². The summed E-state index contributed by atoms with van der Waals surface area (Å²) in [5.74, 6) is -0.111. The van der Waals surface area contributed by atoms with Crippen LogP contribution in [0.1, 0.15) is 35.9 Å². The molecule has 148 valence electrons. The maximum atomic E-state index is 12.6. The van der Waals surface area contributed by atoms with Gasteiger partial charge in [0.1, 0.15) is 5.69 Å². The first-order chi connectivity index (χ1) is 13.3. The third kappa shape index (κ3) is 3.73. The van der Waals surface area contributed by atoms with Gasteiger partial charge in [-0.25, -0.2) is 4.98 Å². The average Bonchev–Trinajstić information content (AvgIpc) is 3.12. The zero-order chi connectivity index (χ0) is 20.4. The first kappa shape index (κ1) is 19.5. The largest absolute Gasteiger partial charge is 0.366 e. The van der Waals surface area contributed by atoms with Crippen molar-refractivity contribution in [1.82, 2.24) is 14.5 Å². The molecular weight excluding hydrogens is 362 g/mol. The SMILES string of the molecule is CC(=O)N(C)C1CCN(c2ccc(C(=O)c3nccn3C)cc2[N+](=O)[O-])CC1.